The first kappa shape index (κ1) is 15.7. The monoisotopic (exact) mass is 265 g/mol. The fraction of sp³-hybridized carbons (Fsp3) is 0.733. The number of nitrogens with zero attached hydrogens (tertiary/aromatic N) is 2. The number of anilines is 1. The molecule has 1 N–H and O–H groups in total. The molecule has 0 fully saturated rings. The molecule has 0 saturated heterocycles. The second-order valence-electron chi connectivity index (χ2n) is 5.17. The molecule has 0 aliphatic heterocycles. The molecule has 0 radical (unpaired) electrons. The maximum atomic E-state index is 5.73. The number of rotatable bonds is 9. The zero-order valence-corrected chi connectivity index (χ0v) is 12.7. The highest BCUT2D eigenvalue weighted by Crippen LogP contribution is 2.15. The van der Waals surface area contributed by atoms with E-state index in [1.54, 1.807) is 0 Å². The Bertz CT molecular complexity index is 366. The largest absolute Gasteiger partial charge is 0.478 e. The van der Waals surface area contributed by atoms with Crippen LogP contribution in [0.4, 0.5) is 5.82 Å². The molecule has 4 nitrogen and oxygen atoms in total. The Labute approximate surface area is 117 Å². The summed E-state index contributed by atoms with van der Waals surface area (Å²) in [4.78, 5) is 8.85. The van der Waals surface area contributed by atoms with E-state index in [1.807, 2.05) is 6.07 Å². The minimum atomic E-state index is 0.689. The van der Waals surface area contributed by atoms with Crippen LogP contribution in [0.3, 0.4) is 0 Å². The van der Waals surface area contributed by atoms with Crippen LogP contribution in [0.25, 0.3) is 0 Å². The Kier molecular flexibility index (Phi) is 7.23. The van der Waals surface area contributed by atoms with E-state index in [2.05, 4.69) is 43.0 Å². The van der Waals surface area contributed by atoms with E-state index in [9.17, 15) is 0 Å². The third-order valence-corrected chi connectivity index (χ3v) is 2.80. The van der Waals surface area contributed by atoms with Gasteiger partial charge in [0.1, 0.15) is 11.6 Å². The molecule has 0 saturated carbocycles. The third-order valence-electron chi connectivity index (χ3n) is 2.80. The average molecular weight is 265 g/mol. The molecule has 0 spiro atoms. The molecular formula is C15H27N3O. The number of ether oxygens (including phenoxy) is 1. The highest BCUT2D eigenvalue weighted by atomic mass is 16.5. The van der Waals surface area contributed by atoms with Gasteiger partial charge in [-0.1, -0.05) is 27.7 Å². The number of nitrogens with one attached hydrogen (secondary N) is 1. The standard InChI is InChI=1S/C15H27N3O/c1-5-9-16-14-11-15(18-13(6-2)17-14)19-10-7-8-12(3)4/h11-12H,5-10H2,1-4H3,(H,16,17,18). The summed E-state index contributed by atoms with van der Waals surface area (Å²) >= 11 is 0. The van der Waals surface area contributed by atoms with Crippen molar-refractivity contribution < 1.29 is 4.74 Å². The van der Waals surface area contributed by atoms with Crippen molar-refractivity contribution >= 4 is 5.82 Å². The predicted molar refractivity (Wildman–Crippen MR) is 79.8 cm³/mol. The molecule has 0 amide bonds. The van der Waals surface area contributed by atoms with Crippen molar-refractivity contribution in [3.8, 4) is 5.88 Å². The van der Waals surface area contributed by atoms with Gasteiger partial charge in [0.25, 0.3) is 0 Å². The van der Waals surface area contributed by atoms with Crippen molar-refractivity contribution in [1.29, 1.82) is 0 Å². The summed E-state index contributed by atoms with van der Waals surface area (Å²) < 4.78 is 5.73. The van der Waals surface area contributed by atoms with Crippen LogP contribution in [0.5, 0.6) is 5.88 Å². The number of aromatic nitrogens is 2. The van der Waals surface area contributed by atoms with Gasteiger partial charge in [0.05, 0.1) is 6.61 Å². The van der Waals surface area contributed by atoms with Crippen LogP contribution in [0.2, 0.25) is 0 Å². The molecule has 0 aromatic carbocycles. The van der Waals surface area contributed by atoms with Gasteiger partial charge in [0.15, 0.2) is 0 Å². The van der Waals surface area contributed by atoms with Crippen molar-refractivity contribution in [2.24, 2.45) is 5.92 Å². The Morgan fingerprint density at radius 3 is 2.68 bits per heavy atom. The third kappa shape index (κ3) is 6.41. The second kappa shape index (κ2) is 8.73. The van der Waals surface area contributed by atoms with Crippen LogP contribution in [-0.4, -0.2) is 23.1 Å². The smallest absolute Gasteiger partial charge is 0.218 e. The van der Waals surface area contributed by atoms with Gasteiger partial charge < -0.3 is 10.1 Å². The van der Waals surface area contributed by atoms with Crippen LogP contribution in [-0.2, 0) is 6.42 Å². The van der Waals surface area contributed by atoms with Crippen molar-refractivity contribution in [3.05, 3.63) is 11.9 Å². The van der Waals surface area contributed by atoms with Gasteiger partial charge in [-0.3, -0.25) is 0 Å². The number of hydrogen-bond donors (Lipinski definition) is 1. The van der Waals surface area contributed by atoms with Crippen molar-refractivity contribution in [3.63, 3.8) is 0 Å². The van der Waals surface area contributed by atoms with E-state index >= 15 is 0 Å². The molecule has 0 unspecified atom stereocenters. The quantitative estimate of drug-likeness (QED) is 0.692. The molecule has 19 heavy (non-hydrogen) atoms. The maximum Gasteiger partial charge on any atom is 0.218 e. The van der Waals surface area contributed by atoms with E-state index in [0.29, 0.717) is 5.88 Å². The van der Waals surface area contributed by atoms with Crippen molar-refractivity contribution in [1.82, 2.24) is 9.97 Å². The zero-order valence-electron chi connectivity index (χ0n) is 12.7. The van der Waals surface area contributed by atoms with Crippen LogP contribution in [0, 0.1) is 5.92 Å². The van der Waals surface area contributed by atoms with Crippen LogP contribution in [0.15, 0.2) is 6.07 Å². The summed E-state index contributed by atoms with van der Waals surface area (Å²) in [6.07, 6.45) is 4.16. The van der Waals surface area contributed by atoms with Gasteiger partial charge in [0.2, 0.25) is 5.88 Å². The molecule has 108 valence electrons. The molecular weight excluding hydrogens is 238 g/mol. The first-order valence-corrected chi connectivity index (χ1v) is 7.40. The lowest BCUT2D eigenvalue weighted by molar-refractivity contribution is 0.286. The van der Waals surface area contributed by atoms with E-state index in [1.165, 1.54) is 6.42 Å². The Balaban J connectivity index is 2.55. The van der Waals surface area contributed by atoms with Crippen LogP contribution >= 0.6 is 0 Å². The van der Waals surface area contributed by atoms with Crippen LogP contribution < -0.4 is 10.1 Å². The SMILES string of the molecule is CCCNc1cc(OCCCC(C)C)nc(CC)n1. The lowest BCUT2D eigenvalue weighted by Crippen LogP contribution is -2.07. The molecule has 1 aromatic heterocycles. The number of hydrogen-bond acceptors (Lipinski definition) is 4. The highest BCUT2D eigenvalue weighted by molar-refractivity contribution is 5.38. The summed E-state index contributed by atoms with van der Waals surface area (Å²) in [5, 5.41) is 3.29. The van der Waals surface area contributed by atoms with Crippen molar-refractivity contribution in [2.45, 2.75) is 53.4 Å². The Morgan fingerprint density at radius 1 is 1.26 bits per heavy atom. The normalized spacial score (nSPS) is 10.8. The molecule has 0 aliphatic carbocycles. The highest BCUT2D eigenvalue weighted by Gasteiger charge is 2.04. The molecule has 0 atom stereocenters. The van der Waals surface area contributed by atoms with Gasteiger partial charge in [-0.15, -0.1) is 0 Å². The average Bonchev–Trinajstić information content (AvgIpc) is 2.41. The minimum Gasteiger partial charge on any atom is -0.478 e. The minimum absolute atomic E-state index is 0.689. The summed E-state index contributed by atoms with van der Waals surface area (Å²) in [5.74, 6) is 3.11. The number of aryl methyl sites for hydroxylation is 1. The Morgan fingerprint density at radius 2 is 2.05 bits per heavy atom. The molecule has 0 aliphatic rings. The van der Waals surface area contributed by atoms with Crippen LogP contribution in [0.1, 0.15) is 52.8 Å². The maximum absolute atomic E-state index is 5.73. The zero-order chi connectivity index (χ0) is 14.1. The topological polar surface area (TPSA) is 47.0 Å². The molecule has 1 rings (SSSR count). The fourth-order valence-electron chi connectivity index (χ4n) is 1.72. The van der Waals surface area contributed by atoms with Gasteiger partial charge in [-0.25, -0.2) is 4.98 Å². The van der Waals surface area contributed by atoms with Gasteiger partial charge >= 0.3 is 0 Å². The lowest BCUT2D eigenvalue weighted by Gasteiger charge is -2.10. The first-order valence-electron chi connectivity index (χ1n) is 7.40. The van der Waals surface area contributed by atoms with Gasteiger partial charge in [-0.2, -0.15) is 4.98 Å². The first-order chi connectivity index (χ1) is 9.15. The Hall–Kier alpha value is -1.32. The summed E-state index contributed by atoms with van der Waals surface area (Å²) in [7, 11) is 0. The lowest BCUT2D eigenvalue weighted by atomic mass is 10.1. The summed E-state index contributed by atoms with van der Waals surface area (Å²) in [6, 6.07) is 1.89. The van der Waals surface area contributed by atoms with E-state index < -0.39 is 0 Å². The van der Waals surface area contributed by atoms with Gasteiger partial charge in [-0.05, 0) is 25.2 Å². The van der Waals surface area contributed by atoms with Gasteiger partial charge in [0, 0.05) is 19.0 Å². The van der Waals surface area contributed by atoms with E-state index in [0.717, 1.165) is 50.0 Å². The molecule has 1 heterocycles. The molecule has 0 bridgehead atoms. The summed E-state index contributed by atoms with van der Waals surface area (Å²) in [5.41, 5.74) is 0. The molecule has 1 aromatic rings. The summed E-state index contributed by atoms with van der Waals surface area (Å²) in [6.45, 7) is 10.3. The fourth-order valence-corrected chi connectivity index (χ4v) is 1.72. The van der Waals surface area contributed by atoms with Crippen molar-refractivity contribution in [2.75, 3.05) is 18.5 Å². The molecule has 4 heteroatoms. The van der Waals surface area contributed by atoms with E-state index in [-0.39, 0.29) is 0 Å². The predicted octanol–water partition coefficient (Wildman–Crippen LogP) is 3.68. The van der Waals surface area contributed by atoms with E-state index in [4.69, 9.17) is 4.74 Å². The second-order valence-corrected chi connectivity index (χ2v) is 5.17.